The molecule has 0 radical (unpaired) electrons. The lowest BCUT2D eigenvalue weighted by Crippen LogP contribution is -2.40. The first-order valence-corrected chi connectivity index (χ1v) is 17.8. The SMILES string of the molecule is CCOC(=O)C1=C(C)N=c2s/c(=C\c3cc(I)c(OCc4ccc([N+](=O)[O-])cc4)c(I)c3)c(=O)n2[C@@H]1c1ccc(OC(C)C)c(OC)c1. The van der Waals surface area contributed by atoms with Gasteiger partial charge in [0.05, 0.1) is 53.7 Å². The van der Waals surface area contributed by atoms with Crippen LogP contribution in [0.3, 0.4) is 0 Å². The second-order valence-corrected chi connectivity index (χ2v) is 14.2. The molecule has 3 aromatic carbocycles. The number of hydrogen-bond acceptors (Lipinski definition) is 10. The quantitative estimate of drug-likeness (QED) is 0.0744. The number of allylic oxidation sites excluding steroid dienone is 1. The predicted octanol–water partition coefficient (Wildman–Crippen LogP) is 6.29. The Morgan fingerprint density at radius 3 is 2.40 bits per heavy atom. The Morgan fingerprint density at radius 1 is 1.10 bits per heavy atom. The average molecular weight is 896 g/mol. The summed E-state index contributed by atoms with van der Waals surface area (Å²) in [6.45, 7) is 7.71. The molecule has 1 aromatic heterocycles. The molecule has 0 N–H and O–H groups in total. The van der Waals surface area contributed by atoms with E-state index < -0.39 is 16.9 Å². The van der Waals surface area contributed by atoms with Gasteiger partial charge < -0.3 is 18.9 Å². The molecule has 0 unspecified atom stereocenters. The van der Waals surface area contributed by atoms with Crippen LogP contribution in [0.5, 0.6) is 17.2 Å². The minimum Gasteiger partial charge on any atom is -0.493 e. The number of nitro groups is 1. The van der Waals surface area contributed by atoms with Crippen LogP contribution in [0, 0.1) is 17.3 Å². The monoisotopic (exact) mass is 895 g/mol. The molecule has 0 aliphatic carbocycles. The molecule has 5 rings (SSSR count). The van der Waals surface area contributed by atoms with Crippen LogP contribution in [0.4, 0.5) is 5.69 Å². The number of methoxy groups -OCH3 is 1. The molecule has 0 amide bonds. The molecule has 2 heterocycles. The Balaban J connectivity index is 1.54. The fourth-order valence-electron chi connectivity index (χ4n) is 5.13. The van der Waals surface area contributed by atoms with E-state index in [9.17, 15) is 19.7 Å². The smallest absolute Gasteiger partial charge is 0.338 e. The van der Waals surface area contributed by atoms with Gasteiger partial charge in [-0.1, -0.05) is 17.4 Å². The molecule has 1 aliphatic heterocycles. The van der Waals surface area contributed by atoms with Crippen LogP contribution in [0.15, 0.2) is 75.7 Å². The van der Waals surface area contributed by atoms with E-state index in [-0.39, 0.29) is 36.1 Å². The van der Waals surface area contributed by atoms with E-state index in [4.69, 9.17) is 18.9 Å². The van der Waals surface area contributed by atoms with Crippen LogP contribution in [0.1, 0.15) is 50.4 Å². The summed E-state index contributed by atoms with van der Waals surface area (Å²) in [6.07, 6.45) is 1.72. The zero-order valence-corrected chi connectivity index (χ0v) is 31.7. The van der Waals surface area contributed by atoms with Crippen molar-refractivity contribution >= 4 is 74.3 Å². The Kier molecular flexibility index (Phi) is 11.2. The first kappa shape index (κ1) is 35.5. The molecule has 250 valence electrons. The zero-order valence-electron chi connectivity index (χ0n) is 26.6. The van der Waals surface area contributed by atoms with Crippen molar-refractivity contribution in [1.29, 1.82) is 0 Å². The summed E-state index contributed by atoms with van der Waals surface area (Å²) in [6, 6.07) is 14.6. The first-order chi connectivity index (χ1) is 22.9. The van der Waals surface area contributed by atoms with E-state index >= 15 is 0 Å². The Morgan fingerprint density at radius 2 is 1.79 bits per heavy atom. The third-order valence-corrected chi connectivity index (χ3v) is 9.82. The van der Waals surface area contributed by atoms with Gasteiger partial charge in [-0.2, -0.15) is 0 Å². The van der Waals surface area contributed by atoms with Gasteiger partial charge in [0.15, 0.2) is 16.3 Å². The molecule has 0 saturated carbocycles. The van der Waals surface area contributed by atoms with Gasteiger partial charge in [0.2, 0.25) is 0 Å². The summed E-state index contributed by atoms with van der Waals surface area (Å²) in [5.74, 6) is 1.14. The standard InChI is InChI=1S/C34H31I2N3O8S/c1-6-45-33(41)29-19(4)37-34-38(30(29)22-9-12-26(47-18(2)3)27(16-22)44-5)32(40)28(48-34)15-21-13-24(35)31(25(36)14-21)46-17-20-7-10-23(11-8-20)39(42)43/h7-16,18,30H,6,17H2,1-5H3/b28-15-/t30-/m1/s1. The molecule has 0 spiro atoms. The molecule has 1 aliphatic rings. The van der Waals surface area contributed by atoms with E-state index in [2.05, 4.69) is 50.2 Å². The lowest BCUT2D eigenvalue weighted by atomic mass is 9.95. The molecule has 0 fully saturated rings. The highest BCUT2D eigenvalue weighted by Gasteiger charge is 2.34. The van der Waals surface area contributed by atoms with Crippen molar-refractivity contribution in [3.05, 3.63) is 120 Å². The van der Waals surface area contributed by atoms with Gasteiger partial charge in [0.1, 0.15) is 12.4 Å². The molecule has 48 heavy (non-hydrogen) atoms. The highest BCUT2D eigenvalue weighted by molar-refractivity contribution is 14.1. The van der Waals surface area contributed by atoms with Crippen molar-refractivity contribution in [3.8, 4) is 17.2 Å². The number of carbonyl (C=O) groups excluding carboxylic acids is 1. The van der Waals surface area contributed by atoms with Crippen molar-refractivity contribution in [2.24, 2.45) is 4.99 Å². The number of rotatable bonds is 11. The van der Waals surface area contributed by atoms with E-state index in [1.54, 1.807) is 51.3 Å². The molecular formula is C34H31I2N3O8S. The zero-order chi connectivity index (χ0) is 34.7. The van der Waals surface area contributed by atoms with Crippen LogP contribution in [-0.4, -0.2) is 35.3 Å². The third kappa shape index (κ3) is 7.59. The number of benzene rings is 3. The van der Waals surface area contributed by atoms with Gasteiger partial charge >= 0.3 is 5.97 Å². The summed E-state index contributed by atoms with van der Waals surface area (Å²) >= 11 is 5.61. The van der Waals surface area contributed by atoms with Crippen molar-refractivity contribution < 1.29 is 28.7 Å². The number of aromatic nitrogens is 1. The molecule has 14 heteroatoms. The summed E-state index contributed by atoms with van der Waals surface area (Å²) in [7, 11) is 1.54. The lowest BCUT2D eigenvalue weighted by molar-refractivity contribution is -0.384. The van der Waals surface area contributed by atoms with E-state index in [0.717, 1.165) is 18.3 Å². The number of ether oxygens (including phenoxy) is 4. The molecular weight excluding hydrogens is 864 g/mol. The highest BCUT2D eigenvalue weighted by atomic mass is 127. The second-order valence-electron chi connectivity index (χ2n) is 10.9. The number of halogens is 2. The lowest BCUT2D eigenvalue weighted by Gasteiger charge is -2.25. The van der Waals surface area contributed by atoms with Crippen LogP contribution in [0.2, 0.25) is 0 Å². The number of nitro benzene ring substituents is 1. The van der Waals surface area contributed by atoms with Crippen molar-refractivity contribution in [3.63, 3.8) is 0 Å². The van der Waals surface area contributed by atoms with Gasteiger partial charge in [0.25, 0.3) is 11.2 Å². The number of esters is 1. The first-order valence-electron chi connectivity index (χ1n) is 14.8. The third-order valence-electron chi connectivity index (χ3n) is 7.23. The van der Waals surface area contributed by atoms with Crippen LogP contribution >= 0.6 is 56.5 Å². The van der Waals surface area contributed by atoms with Gasteiger partial charge in [-0.15, -0.1) is 0 Å². The molecule has 4 aromatic rings. The highest BCUT2D eigenvalue weighted by Crippen LogP contribution is 2.37. The summed E-state index contributed by atoms with van der Waals surface area (Å²) in [5.41, 5.74) is 2.68. The maximum atomic E-state index is 14.1. The number of thiazole rings is 1. The van der Waals surface area contributed by atoms with Crippen LogP contribution in [-0.2, 0) is 16.1 Å². The van der Waals surface area contributed by atoms with Crippen LogP contribution < -0.4 is 29.1 Å². The van der Waals surface area contributed by atoms with E-state index in [1.165, 1.54) is 28.0 Å². The Labute approximate surface area is 307 Å². The summed E-state index contributed by atoms with van der Waals surface area (Å²) in [4.78, 5) is 43.1. The fourth-order valence-corrected chi connectivity index (χ4v) is 8.31. The molecule has 0 bridgehead atoms. The predicted molar refractivity (Wildman–Crippen MR) is 198 cm³/mol. The van der Waals surface area contributed by atoms with Gasteiger partial charge in [-0.3, -0.25) is 19.5 Å². The number of non-ortho nitro benzene ring substituents is 1. The maximum Gasteiger partial charge on any atom is 0.338 e. The van der Waals surface area contributed by atoms with E-state index in [0.29, 0.717) is 37.8 Å². The minimum absolute atomic E-state index is 0.0185. The number of carbonyl (C=O) groups is 1. The summed E-state index contributed by atoms with van der Waals surface area (Å²) < 4.78 is 26.7. The molecule has 11 nitrogen and oxygen atoms in total. The van der Waals surface area contributed by atoms with Gasteiger partial charge in [0, 0.05) is 12.1 Å². The van der Waals surface area contributed by atoms with E-state index in [1.807, 2.05) is 32.0 Å². The van der Waals surface area contributed by atoms with Crippen molar-refractivity contribution in [1.82, 2.24) is 4.57 Å². The number of fused-ring (bicyclic) bond motifs is 1. The van der Waals surface area contributed by atoms with Crippen LogP contribution in [0.25, 0.3) is 6.08 Å². The maximum absolute atomic E-state index is 14.1. The average Bonchev–Trinajstić information content (AvgIpc) is 3.33. The van der Waals surface area contributed by atoms with Crippen molar-refractivity contribution in [2.75, 3.05) is 13.7 Å². The largest absolute Gasteiger partial charge is 0.493 e. The Bertz CT molecular complexity index is 2080. The Hall–Kier alpha value is -3.77. The number of nitrogens with zero attached hydrogens (tertiary/aromatic N) is 3. The molecule has 0 saturated heterocycles. The fraction of sp³-hybridized carbons (Fsp3) is 0.265. The van der Waals surface area contributed by atoms with Gasteiger partial charge in [-0.05, 0) is 132 Å². The van der Waals surface area contributed by atoms with Crippen molar-refractivity contribution in [2.45, 2.75) is 46.4 Å². The summed E-state index contributed by atoms with van der Waals surface area (Å²) in [5, 5.41) is 11.0. The second kappa shape index (κ2) is 15.2. The normalized spacial score (nSPS) is 14.4. The minimum atomic E-state index is -0.806. The van der Waals surface area contributed by atoms with Gasteiger partial charge in [-0.25, -0.2) is 9.79 Å². The topological polar surface area (TPSA) is 131 Å². The number of hydrogen-bond donors (Lipinski definition) is 0. The molecule has 1 atom stereocenters.